The van der Waals surface area contributed by atoms with Crippen LogP contribution in [-0.4, -0.2) is 22.7 Å². The van der Waals surface area contributed by atoms with Gasteiger partial charge in [0.25, 0.3) is 5.91 Å². The topological polar surface area (TPSA) is 64.1 Å². The second-order valence-electron chi connectivity index (χ2n) is 5.44. The average Bonchev–Trinajstić information content (AvgIpc) is 3.08. The zero-order chi connectivity index (χ0) is 18.4. The second-order valence-corrected chi connectivity index (χ2v) is 8.07. The van der Waals surface area contributed by atoms with Gasteiger partial charge in [-0.2, -0.15) is 0 Å². The Labute approximate surface area is 164 Å². The summed E-state index contributed by atoms with van der Waals surface area (Å²) in [5.74, 6) is 1.10. The lowest BCUT2D eigenvalue weighted by atomic mass is 10.2. The number of anilines is 1. The van der Waals surface area contributed by atoms with E-state index in [0.717, 1.165) is 10.1 Å². The fourth-order valence-corrected chi connectivity index (χ4v) is 3.83. The van der Waals surface area contributed by atoms with Crippen molar-refractivity contribution in [1.82, 2.24) is 10.2 Å². The first-order valence-corrected chi connectivity index (χ1v) is 9.96. The van der Waals surface area contributed by atoms with E-state index in [1.54, 1.807) is 36.0 Å². The van der Waals surface area contributed by atoms with Crippen molar-refractivity contribution in [3.8, 4) is 5.75 Å². The van der Waals surface area contributed by atoms with Crippen LogP contribution in [-0.2, 0) is 10.5 Å². The van der Waals surface area contributed by atoms with Gasteiger partial charge in [0, 0.05) is 10.8 Å². The summed E-state index contributed by atoms with van der Waals surface area (Å²) in [5, 5.41) is 11.9. The zero-order valence-corrected chi connectivity index (χ0v) is 16.3. The van der Waals surface area contributed by atoms with Crippen molar-refractivity contribution in [3.05, 3.63) is 64.7 Å². The predicted octanol–water partition coefficient (Wildman–Crippen LogP) is 4.81. The first kappa shape index (κ1) is 18.7. The molecule has 0 radical (unpaired) electrons. The van der Waals surface area contributed by atoms with Crippen LogP contribution in [0.3, 0.4) is 0 Å². The fourth-order valence-electron chi connectivity index (χ4n) is 1.98. The van der Waals surface area contributed by atoms with Gasteiger partial charge in [0.05, 0.1) is 0 Å². The number of amides is 1. The normalized spacial score (nSPS) is 10.5. The second kappa shape index (κ2) is 9.02. The SMILES string of the molecule is Cc1ccc(CSc2nnc(NC(=O)COc3ccc(Cl)cc3)s2)cc1. The number of halogens is 1. The maximum absolute atomic E-state index is 11.9. The first-order valence-electron chi connectivity index (χ1n) is 7.78. The molecule has 5 nitrogen and oxygen atoms in total. The Balaban J connectivity index is 1.45. The van der Waals surface area contributed by atoms with Crippen molar-refractivity contribution < 1.29 is 9.53 Å². The molecule has 0 saturated carbocycles. The molecule has 1 N–H and O–H groups in total. The van der Waals surface area contributed by atoms with Crippen LogP contribution < -0.4 is 10.1 Å². The number of nitrogens with zero attached hydrogens (tertiary/aromatic N) is 2. The molecule has 0 aliphatic carbocycles. The molecule has 0 atom stereocenters. The Morgan fingerprint density at radius 2 is 1.88 bits per heavy atom. The minimum atomic E-state index is -0.286. The number of thioether (sulfide) groups is 1. The quantitative estimate of drug-likeness (QED) is 0.451. The lowest BCUT2D eigenvalue weighted by Gasteiger charge is -2.05. The number of benzene rings is 2. The van der Waals surface area contributed by atoms with Crippen molar-refractivity contribution in [1.29, 1.82) is 0 Å². The molecule has 0 unspecified atom stereocenters. The number of aryl methyl sites for hydroxylation is 1. The number of hydrogen-bond donors (Lipinski definition) is 1. The highest BCUT2D eigenvalue weighted by atomic mass is 35.5. The molecule has 8 heteroatoms. The maximum atomic E-state index is 11.9. The molecule has 134 valence electrons. The van der Waals surface area contributed by atoms with Gasteiger partial charge in [-0.15, -0.1) is 10.2 Å². The molecule has 0 aliphatic heterocycles. The van der Waals surface area contributed by atoms with Crippen LogP contribution in [0.1, 0.15) is 11.1 Å². The largest absolute Gasteiger partial charge is 0.484 e. The average molecular weight is 406 g/mol. The third-order valence-electron chi connectivity index (χ3n) is 3.32. The predicted molar refractivity (Wildman–Crippen MR) is 106 cm³/mol. The van der Waals surface area contributed by atoms with E-state index in [1.165, 1.54) is 22.5 Å². The van der Waals surface area contributed by atoms with E-state index in [2.05, 4.69) is 46.7 Å². The van der Waals surface area contributed by atoms with Crippen LogP contribution in [0.4, 0.5) is 5.13 Å². The van der Waals surface area contributed by atoms with Crippen LogP contribution in [0.25, 0.3) is 0 Å². The van der Waals surface area contributed by atoms with Gasteiger partial charge in [-0.3, -0.25) is 10.1 Å². The number of aromatic nitrogens is 2. The molecular formula is C18H16ClN3O2S2. The molecule has 3 rings (SSSR count). The Morgan fingerprint density at radius 1 is 1.15 bits per heavy atom. The number of ether oxygens (including phenoxy) is 1. The molecule has 2 aromatic carbocycles. The van der Waals surface area contributed by atoms with E-state index >= 15 is 0 Å². The van der Waals surface area contributed by atoms with E-state index in [0.29, 0.717) is 15.9 Å². The van der Waals surface area contributed by atoms with Crippen LogP contribution in [0.5, 0.6) is 5.75 Å². The van der Waals surface area contributed by atoms with Gasteiger partial charge in [-0.25, -0.2) is 0 Å². The van der Waals surface area contributed by atoms with E-state index in [1.807, 2.05) is 0 Å². The van der Waals surface area contributed by atoms with Gasteiger partial charge in [-0.1, -0.05) is 64.5 Å². The number of carbonyl (C=O) groups is 1. The molecule has 1 heterocycles. The molecule has 0 spiro atoms. The van der Waals surface area contributed by atoms with E-state index in [-0.39, 0.29) is 12.5 Å². The Kier molecular flexibility index (Phi) is 6.49. The van der Waals surface area contributed by atoms with E-state index in [4.69, 9.17) is 16.3 Å². The zero-order valence-electron chi connectivity index (χ0n) is 13.9. The number of nitrogens with one attached hydrogen (secondary N) is 1. The molecule has 1 aromatic heterocycles. The van der Waals surface area contributed by atoms with Crippen LogP contribution in [0.2, 0.25) is 5.02 Å². The van der Waals surface area contributed by atoms with Crippen molar-refractivity contribution in [2.75, 3.05) is 11.9 Å². The summed E-state index contributed by atoms with van der Waals surface area (Å²) < 4.78 is 6.20. The molecular weight excluding hydrogens is 390 g/mol. The van der Waals surface area contributed by atoms with E-state index < -0.39 is 0 Å². The highest BCUT2D eigenvalue weighted by Crippen LogP contribution is 2.28. The summed E-state index contributed by atoms with van der Waals surface area (Å²) in [4.78, 5) is 11.9. The number of rotatable bonds is 7. The number of hydrogen-bond acceptors (Lipinski definition) is 6. The Morgan fingerprint density at radius 3 is 2.62 bits per heavy atom. The van der Waals surface area contributed by atoms with Gasteiger partial charge in [-0.05, 0) is 36.8 Å². The van der Waals surface area contributed by atoms with Gasteiger partial charge < -0.3 is 4.74 Å². The van der Waals surface area contributed by atoms with Gasteiger partial charge in [0.1, 0.15) is 5.75 Å². The number of carbonyl (C=O) groups excluding carboxylic acids is 1. The monoisotopic (exact) mass is 405 g/mol. The summed E-state index contributed by atoms with van der Waals surface area (Å²) in [6.07, 6.45) is 0. The van der Waals surface area contributed by atoms with Crippen molar-refractivity contribution >= 4 is 45.7 Å². The third-order valence-corrected chi connectivity index (χ3v) is 5.61. The summed E-state index contributed by atoms with van der Waals surface area (Å²) in [6, 6.07) is 15.2. The highest BCUT2D eigenvalue weighted by molar-refractivity contribution is 8.00. The van der Waals surface area contributed by atoms with Crippen LogP contribution in [0, 0.1) is 6.92 Å². The maximum Gasteiger partial charge on any atom is 0.264 e. The van der Waals surface area contributed by atoms with Gasteiger partial charge in [0.2, 0.25) is 5.13 Å². The molecule has 3 aromatic rings. The molecule has 0 saturated heterocycles. The van der Waals surface area contributed by atoms with Crippen LogP contribution in [0.15, 0.2) is 52.9 Å². The Bertz CT molecular complexity index is 867. The molecule has 0 fully saturated rings. The molecule has 0 bridgehead atoms. The Hall–Kier alpha value is -2.09. The summed E-state index contributed by atoms with van der Waals surface area (Å²) in [6.45, 7) is 1.96. The molecule has 26 heavy (non-hydrogen) atoms. The first-order chi connectivity index (χ1) is 12.6. The lowest BCUT2D eigenvalue weighted by Crippen LogP contribution is -2.20. The summed E-state index contributed by atoms with van der Waals surface area (Å²) in [7, 11) is 0. The minimum absolute atomic E-state index is 0.104. The van der Waals surface area contributed by atoms with Crippen LogP contribution >= 0.6 is 34.7 Å². The minimum Gasteiger partial charge on any atom is -0.484 e. The third kappa shape index (κ3) is 5.72. The molecule has 0 aliphatic rings. The summed E-state index contributed by atoms with van der Waals surface area (Å²) >= 11 is 8.74. The van der Waals surface area contributed by atoms with Crippen molar-refractivity contribution in [2.24, 2.45) is 0 Å². The van der Waals surface area contributed by atoms with Gasteiger partial charge in [0.15, 0.2) is 10.9 Å². The molecule has 1 amide bonds. The summed E-state index contributed by atoms with van der Waals surface area (Å²) in [5.41, 5.74) is 2.46. The fraction of sp³-hybridized carbons (Fsp3) is 0.167. The highest BCUT2D eigenvalue weighted by Gasteiger charge is 2.09. The standard InChI is InChI=1S/C18H16ClN3O2S2/c1-12-2-4-13(5-3-12)11-25-18-22-21-17(26-18)20-16(23)10-24-15-8-6-14(19)7-9-15/h2-9H,10-11H2,1H3,(H,20,21,23). The smallest absolute Gasteiger partial charge is 0.264 e. The van der Waals surface area contributed by atoms with Crippen molar-refractivity contribution in [2.45, 2.75) is 17.0 Å². The van der Waals surface area contributed by atoms with E-state index in [9.17, 15) is 4.79 Å². The van der Waals surface area contributed by atoms with Gasteiger partial charge >= 0.3 is 0 Å². The lowest BCUT2D eigenvalue weighted by molar-refractivity contribution is -0.118. The van der Waals surface area contributed by atoms with Crippen molar-refractivity contribution in [3.63, 3.8) is 0 Å².